The predicted molar refractivity (Wildman–Crippen MR) is 192 cm³/mol. The van der Waals surface area contributed by atoms with E-state index in [0.717, 1.165) is 60.6 Å². The molecule has 3 aromatic heterocycles. The molecule has 0 fully saturated rings. The summed E-state index contributed by atoms with van der Waals surface area (Å²) < 4.78 is 12.4. The minimum atomic E-state index is 0.599. The molecular weight excluding hydrogens is 524 g/mol. The van der Waals surface area contributed by atoms with Gasteiger partial charge >= 0.3 is 0 Å². The second-order valence-electron chi connectivity index (χ2n) is 11.4. The van der Waals surface area contributed by atoms with Crippen molar-refractivity contribution in [2.24, 2.45) is 0 Å². The second-order valence-corrected chi connectivity index (χ2v) is 11.4. The van der Waals surface area contributed by atoms with E-state index in [1.807, 2.05) is 48.5 Å². The zero-order valence-corrected chi connectivity index (χ0v) is 24.7. The fraction of sp³-hybridized carbons (Fsp3) is 0. The summed E-state index contributed by atoms with van der Waals surface area (Å²) >= 11 is 0. The average molecular weight is 549 g/mol. The largest absolute Gasteiger partial charge is 0.456 e. The summed E-state index contributed by atoms with van der Waals surface area (Å²) in [6.45, 7) is 0. The molecule has 0 radical (unpaired) electrons. The Morgan fingerprint density at radius 3 is 1.28 bits per heavy atom. The summed E-state index contributed by atoms with van der Waals surface area (Å²) in [6, 6.07) is 28.6. The van der Waals surface area contributed by atoms with Crippen molar-refractivity contribution < 1.29 is 8.83 Å². The third-order valence-electron chi connectivity index (χ3n) is 9.13. The van der Waals surface area contributed by atoms with E-state index in [1.54, 1.807) is 0 Å². The molecule has 0 aliphatic rings. The Hall–Kier alpha value is -4.97. The molecular formula is C33H24B5N3O2. The first-order valence-electron chi connectivity index (χ1n) is 14.5. The third-order valence-corrected chi connectivity index (χ3v) is 9.13. The Bertz CT molecular complexity index is 2270. The fourth-order valence-corrected chi connectivity index (χ4v) is 6.31. The Morgan fingerprint density at radius 1 is 0.395 bits per heavy atom. The van der Waals surface area contributed by atoms with Crippen molar-refractivity contribution in [3.8, 4) is 34.2 Å². The highest BCUT2D eigenvalue weighted by molar-refractivity contribution is 6.68. The molecule has 0 bridgehead atoms. The van der Waals surface area contributed by atoms with E-state index in [9.17, 15) is 0 Å². The summed E-state index contributed by atoms with van der Waals surface area (Å²) in [7, 11) is 10.9. The van der Waals surface area contributed by atoms with Gasteiger partial charge in [0.25, 0.3) is 0 Å². The summed E-state index contributed by atoms with van der Waals surface area (Å²) in [4.78, 5) is 15.2. The van der Waals surface area contributed by atoms with Crippen molar-refractivity contribution in [1.29, 1.82) is 0 Å². The van der Waals surface area contributed by atoms with Gasteiger partial charge in [-0.05, 0) is 36.4 Å². The van der Waals surface area contributed by atoms with Gasteiger partial charge in [-0.2, -0.15) is 0 Å². The zero-order chi connectivity index (χ0) is 29.4. The van der Waals surface area contributed by atoms with Crippen LogP contribution in [0.1, 0.15) is 0 Å². The molecule has 0 atom stereocenters. The molecule has 8 rings (SSSR count). The van der Waals surface area contributed by atoms with Crippen LogP contribution < -0.4 is 27.3 Å². The van der Waals surface area contributed by atoms with Crippen molar-refractivity contribution in [3.05, 3.63) is 84.9 Å². The summed E-state index contributed by atoms with van der Waals surface area (Å²) in [5.41, 5.74) is 12.3. The molecule has 198 valence electrons. The van der Waals surface area contributed by atoms with Crippen LogP contribution in [0, 0.1) is 0 Å². The Kier molecular flexibility index (Phi) is 5.70. The van der Waals surface area contributed by atoms with Crippen molar-refractivity contribution >= 4 is 110 Å². The van der Waals surface area contributed by atoms with Crippen LogP contribution in [0.2, 0.25) is 0 Å². The number of aromatic nitrogens is 3. The summed E-state index contributed by atoms with van der Waals surface area (Å²) in [5, 5.41) is 4.33. The number of rotatable bonds is 3. The predicted octanol–water partition coefficient (Wildman–Crippen LogP) is -0.0366. The molecule has 10 heteroatoms. The van der Waals surface area contributed by atoms with Gasteiger partial charge in [-0.15, -0.1) is 16.4 Å². The minimum absolute atomic E-state index is 0.599. The Morgan fingerprint density at radius 2 is 0.791 bits per heavy atom. The van der Waals surface area contributed by atoms with Gasteiger partial charge in [0.05, 0.1) is 0 Å². The maximum Gasteiger partial charge on any atom is 0.164 e. The van der Waals surface area contributed by atoms with Gasteiger partial charge in [-0.25, -0.2) is 15.0 Å². The zero-order valence-electron chi connectivity index (χ0n) is 24.7. The van der Waals surface area contributed by atoms with E-state index in [0.29, 0.717) is 17.5 Å². The number of benzene rings is 5. The van der Waals surface area contributed by atoms with Crippen LogP contribution in [0.4, 0.5) is 0 Å². The molecule has 0 unspecified atom stereocenters. The molecule has 3 heterocycles. The van der Waals surface area contributed by atoms with Gasteiger partial charge in [-0.1, -0.05) is 59.5 Å². The van der Waals surface area contributed by atoms with Gasteiger partial charge in [0.1, 0.15) is 61.6 Å². The normalized spacial score (nSPS) is 11.7. The number of hydrogen-bond donors (Lipinski definition) is 0. The van der Waals surface area contributed by atoms with Crippen LogP contribution in [-0.2, 0) is 0 Å². The highest BCUT2D eigenvalue weighted by Gasteiger charge is 2.20. The van der Waals surface area contributed by atoms with E-state index in [2.05, 4.69) is 75.6 Å². The molecule has 0 amide bonds. The monoisotopic (exact) mass is 549 g/mol. The van der Waals surface area contributed by atoms with E-state index >= 15 is 0 Å². The number of furan rings is 2. The third kappa shape index (κ3) is 3.97. The fourth-order valence-electron chi connectivity index (χ4n) is 6.31. The van der Waals surface area contributed by atoms with Crippen molar-refractivity contribution in [1.82, 2.24) is 15.0 Å². The molecule has 5 aromatic carbocycles. The summed E-state index contributed by atoms with van der Waals surface area (Å²) in [5.74, 6) is 1.86. The first-order chi connectivity index (χ1) is 20.9. The topological polar surface area (TPSA) is 65.0 Å². The smallest absolute Gasteiger partial charge is 0.164 e. The molecule has 43 heavy (non-hydrogen) atoms. The standard InChI is InChI=1S/C33H24B5N3O2/c34-26-25(27(35)29(37)30(38)28(26)36)33-40-31(15-9-11-19-17-5-1-3-7-21(17)42-23(19)13-15)39-32(41-33)16-10-12-20-18-6-2-4-8-22(18)43-24(20)14-16/h1-14H,34-38H2. The maximum atomic E-state index is 6.22. The first-order valence-corrected chi connectivity index (χ1v) is 14.5. The Labute approximate surface area is 252 Å². The number of hydrogen-bond acceptors (Lipinski definition) is 5. The highest BCUT2D eigenvalue weighted by Crippen LogP contribution is 2.34. The van der Waals surface area contributed by atoms with Gasteiger partial charge in [-0.3, -0.25) is 0 Å². The van der Waals surface area contributed by atoms with Crippen LogP contribution in [0.3, 0.4) is 0 Å². The van der Waals surface area contributed by atoms with Crippen LogP contribution >= 0.6 is 0 Å². The SMILES string of the molecule is Bc1c(B)c(B)c(-c2nc(-c3ccc4c(c3)oc3ccccc34)nc(-c3ccc4c(c3)oc3ccccc34)n2)c(B)c1B. The van der Waals surface area contributed by atoms with Crippen LogP contribution in [-0.4, -0.2) is 54.2 Å². The molecule has 0 aliphatic heterocycles. The lowest BCUT2D eigenvalue weighted by molar-refractivity contribution is 0.668. The first kappa shape index (κ1) is 25.7. The van der Waals surface area contributed by atoms with Crippen LogP contribution in [0.25, 0.3) is 78.0 Å². The van der Waals surface area contributed by atoms with E-state index < -0.39 is 0 Å². The van der Waals surface area contributed by atoms with Gasteiger partial charge < -0.3 is 8.83 Å². The van der Waals surface area contributed by atoms with Crippen molar-refractivity contribution in [2.45, 2.75) is 0 Å². The lowest BCUT2D eigenvalue weighted by Gasteiger charge is -2.20. The van der Waals surface area contributed by atoms with E-state index in [1.165, 1.54) is 27.3 Å². The lowest BCUT2D eigenvalue weighted by atomic mass is 9.60. The molecule has 8 aromatic rings. The van der Waals surface area contributed by atoms with Crippen molar-refractivity contribution in [2.75, 3.05) is 0 Å². The average Bonchev–Trinajstić information content (AvgIpc) is 3.60. The van der Waals surface area contributed by atoms with Gasteiger partial charge in [0.2, 0.25) is 0 Å². The van der Waals surface area contributed by atoms with Gasteiger partial charge in [0, 0.05) is 38.2 Å². The molecule has 0 spiro atoms. The molecule has 5 nitrogen and oxygen atoms in total. The van der Waals surface area contributed by atoms with Crippen LogP contribution in [0.15, 0.2) is 93.8 Å². The number of para-hydroxylation sites is 2. The number of nitrogens with zero attached hydrogens (tertiary/aromatic N) is 3. The molecule has 0 aliphatic carbocycles. The van der Waals surface area contributed by atoms with Gasteiger partial charge in [0.15, 0.2) is 17.5 Å². The Balaban J connectivity index is 1.38. The highest BCUT2D eigenvalue weighted by atomic mass is 16.3. The molecule has 0 N–H and O–H groups in total. The minimum Gasteiger partial charge on any atom is -0.456 e. The number of fused-ring (bicyclic) bond motifs is 6. The van der Waals surface area contributed by atoms with E-state index in [4.69, 9.17) is 23.8 Å². The van der Waals surface area contributed by atoms with E-state index in [-0.39, 0.29) is 0 Å². The molecule has 0 saturated carbocycles. The van der Waals surface area contributed by atoms with Crippen LogP contribution in [0.5, 0.6) is 0 Å². The van der Waals surface area contributed by atoms with Crippen molar-refractivity contribution in [3.63, 3.8) is 0 Å². The maximum absolute atomic E-state index is 6.22. The lowest BCUT2D eigenvalue weighted by Crippen LogP contribution is -2.55. The summed E-state index contributed by atoms with van der Waals surface area (Å²) in [6.07, 6.45) is 0. The molecule has 0 saturated heterocycles. The quantitative estimate of drug-likeness (QED) is 0.290. The second kappa shape index (κ2) is 9.53.